The molecule has 1 atom stereocenters. The third kappa shape index (κ3) is 3.27. The molecule has 1 unspecified atom stereocenters. The maximum absolute atomic E-state index is 13.3. The number of carbonyl (C=O) groups is 2. The van der Waals surface area contributed by atoms with E-state index in [1.807, 2.05) is 18.4 Å². The van der Waals surface area contributed by atoms with Gasteiger partial charge in [0.15, 0.2) is 0 Å². The molecular formula is C23H18FNO4S. The summed E-state index contributed by atoms with van der Waals surface area (Å²) in [5, 5.41) is 12.8. The predicted molar refractivity (Wildman–Crippen MR) is 113 cm³/mol. The molecule has 7 heteroatoms. The minimum absolute atomic E-state index is 0.0278. The summed E-state index contributed by atoms with van der Waals surface area (Å²) in [4.78, 5) is 28.2. The van der Waals surface area contributed by atoms with Crippen molar-refractivity contribution in [3.8, 4) is 5.75 Å². The molecule has 1 fully saturated rings. The van der Waals surface area contributed by atoms with Gasteiger partial charge in [0, 0.05) is 22.2 Å². The number of anilines is 1. The molecule has 30 heavy (non-hydrogen) atoms. The Labute approximate surface area is 176 Å². The van der Waals surface area contributed by atoms with Crippen LogP contribution >= 0.6 is 11.3 Å². The van der Waals surface area contributed by atoms with Crippen molar-refractivity contribution in [3.05, 3.63) is 87.4 Å². The number of amides is 1. The highest BCUT2D eigenvalue weighted by atomic mass is 32.1. The van der Waals surface area contributed by atoms with E-state index in [0.717, 1.165) is 10.4 Å². The van der Waals surface area contributed by atoms with Gasteiger partial charge in [0.25, 0.3) is 11.7 Å². The lowest BCUT2D eigenvalue weighted by molar-refractivity contribution is -0.132. The fourth-order valence-electron chi connectivity index (χ4n) is 3.54. The fourth-order valence-corrected chi connectivity index (χ4v) is 4.56. The number of hydrogen-bond donors (Lipinski definition) is 1. The van der Waals surface area contributed by atoms with Crippen LogP contribution in [-0.4, -0.2) is 23.9 Å². The Bertz CT molecular complexity index is 1170. The first-order valence-corrected chi connectivity index (χ1v) is 10.1. The first-order chi connectivity index (χ1) is 14.4. The van der Waals surface area contributed by atoms with E-state index in [9.17, 15) is 19.1 Å². The number of Topliss-reactive ketones (excluding diaryl/α,β-unsaturated/α-hetero) is 1. The van der Waals surface area contributed by atoms with Crippen LogP contribution in [0.3, 0.4) is 0 Å². The molecule has 152 valence electrons. The number of benzene rings is 2. The van der Waals surface area contributed by atoms with Crippen molar-refractivity contribution >= 4 is 34.5 Å². The average Bonchev–Trinajstić information content (AvgIpc) is 3.28. The maximum atomic E-state index is 13.3. The quantitative estimate of drug-likeness (QED) is 0.371. The first kappa shape index (κ1) is 19.8. The van der Waals surface area contributed by atoms with Gasteiger partial charge in [-0.3, -0.25) is 14.5 Å². The average molecular weight is 423 g/mol. The van der Waals surface area contributed by atoms with E-state index in [0.29, 0.717) is 11.4 Å². The largest absolute Gasteiger partial charge is 0.507 e. The molecule has 1 aliphatic heterocycles. The molecule has 2 heterocycles. The third-order valence-electron chi connectivity index (χ3n) is 5.04. The van der Waals surface area contributed by atoms with E-state index in [4.69, 9.17) is 4.74 Å². The van der Waals surface area contributed by atoms with Gasteiger partial charge >= 0.3 is 0 Å². The second kappa shape index (κ2) is 7.76. The molecule has 0 radical (unpaired) electrons. The molecule has 1 saturated heterocycles. The van der Waals surface area contributed by atoms with E-state index in [-0.39, 0.29) is 16.9 Å². The lowest BCUT2D eigenvalue weighted by atomic mass is 9.98. The Morgan fingerprint density at radius 2 is 1.87 bits per heavy atom. The topological polar surface area (TPSA) is 66.8 Å². The Hall–Kier alpha value is -3.45. The van der Waals surface area contributed by atoms with E-state index in [1.54, 1.807) is 24.3 Å². The van der Waals surface area contributed by atoms with Gasteiger partial charge in [0.05, 0.1) is 12.7 Å². The first-order valence-electron chi connectivity index (χ1n) is 9.17. The number of aliphatic hydroxyl groups is 1. The van der Waals surface area contributed by atoms with Gasteiger partial charge in [-0.2, -0.15) is 0 Å². The summed E-state index contributed by atoms with van der Waals surface area (Å²) in [6, 6.07) is 13.1. The standard InChI is InChI=1S/C23H18FNO4S/c1-13-10-11-30-22(13)19-18(20(26)14-6-8-15(24)9-7-14)21(27)23(28)25(19)16-4-3-5-17(12-16)29-2/h3-12,19,26H,1-2H3/b20-18-. The molecule has 0 bridgehead atoms. The third-order valence-corrected chi connectivity index (χ3v) is 6.11. The summed E-state index contributed by atoms with van der Waals surface area (Å²) in [6.07, 6.45) is 0. The van der Waals surface area contributed by atoms with Crippen LogP contribution in [0.5, 0.6) is 5.75 Å². The molecule has 1 amide bonds. The summed E-state index contributed by atoms with van der Waals surface area (Å²) in [7, 11) is 1.52. The van der Waals surface area contributed by atoms with Crippen LogP contribution in [0, 0.1) is 12.7 Å². The van der Waals surface area contributed by atoms with Crippen molar-refractivity contribution in [1.29, 1.82) is 0 Å². The van der Waals surface area contributed by atoms with Crippen LogP contribution in [0.25, 0.3) is 5.76 Å². The minimum Gasteiger partial charge on any atom is -0.507 e. The second-order valence-corrected chi connectivity index (χ2v) is 7.79. The molecule has 4 rings (SSSR count). The highest BCUT2D eigenvalue weighted by Gasteiger charge is 2.48. The molecule has 0 spiro atoms. The highest BCUT2D eigenvalue weighted by molar-refractivity contribution is 7.10. The smallest absolute Gasteiger partial charge is 0.300 e. The zero-order valence-electron chi connectivity index (χ0n) is 16.3. The normalized spacial score (nSPS) is 18.1. The molecule has 2 aromatic carbocycles. The van der Waals surface area contributed by atoms with Crippen molar-refractivity contribution in [1.82, 2.24) is 0 Å². The maximum Gasteiger partial charge on any atom is 0.300 e. The zero-order valence-corrected chi connectivity index (χ0v) is 17.1. The zero-order chi connectivity index (χ0) is 21.4. The highest BCUT2D eigenvalue weighted by Crippen LogP contribution is 2.45. The monoisotopic (exact) mass is 423 g/mol. The van der Waals surface area contributed by atoms with Gasteiger partial charge in [-0.1, -0.05) is 6.07 Å². The summed E-state index contributed by atoms with van der Waals surface area (Å²) in [5.74, 6) is -1.80. The van der Waals surface area contributed by atoms with Gasteiger partial charge < -0.3 is 9.84 Å². The van der Waals surface area contributed by atoms with Gasteiger partial charge in [0.1, 0.15) is 23.4 Å². The molecule has 0 saturated carbocycles. The number of ether oxygens (including phenoxy) is 1. The van der Waals surface area contributed by atoms with Gasteiger partial charge in [-0.25, -0.2) is 4.39 Å². The van der Waals surface area contributed by atoms with Gasteiger partial charge in [-0.05, 0) is 60.3 Å². The van der Waals surface area contributed by atoms with Crippen molar-refractivity contribution in [2.24, 2.45) is 0 Å². The Morgan fingerprint density at radius 3 is 2.50 bits per heavy atom. The van der Waals surface area contributed by atoms with Crippen LogP contribution in [0.1, 0.15) is 22.0 Å². The van der Waals surface area contributed by atoms with Crippen LogP contribution in [-0.2, 0) is 9.59 Å². The Kier molecular flexibility index (Phi) is 5.13. The molecule has 5 nitrogen and oxygen atoms in total. The molecule has 1 aromatic heterocycles. The number of aryl methyl sites for hydroxylation is 1. The fraction of sp³-hybridized carbons (Fsp3) is 0.130. The summed E-state index contributed by atoms with van der Waals surface area (Å²) >= 11 is 1.40. The minimum atomic E-state index is -0.804. The number of aliphatic hydroxyl groups excluding tert-OH is 1. The number of rotatable bonds is 4. The molecule has 3 aromatic rings. The van der Waals surface area contributed by atoms with Crippen molar-refractivity contribution in [2.45, 2.75) is 13.0 Å². The van der Waals surface area contributed by atoms with E-state index in [1.165, 1.54) is 47.6 Å². The Morgan fingerprint density at radius 1 is 1.13 bits per heavy atom. The van der Waals surface area contributed by atoms with Gasteiger partial charge in [0.2, 0.25) is 0 Å². The number of nitrogens with zero attached hydrogens (tertiary/aromatic N) is 1. The number of hydrogen-bond acceptors (Lipinski definition) is 5. The number of halogens is 1. The van der Waals surface area contributed by atoms with E-state index in [2.05, 4.69) is 0 Å². The number of methoxy groups -OCH3 is 1. The van der Waals surface area contributed by atoms with Gasteiger partial charge in [-0.15, -0.1) is 11.3 Å². The molecular weight excluding hydrogens is 405 g/mol. The predicted octanol–water partition coefficient (Wildman–Crippen LogP) is 4.83. The lowest BCUT2D eigenvalue weighted by Gasteiger charge is -2.25. The lowest BCUT2D eigenvalue weighted by Crippen LogP contribution is -2.29. The van der Waals surface area contributed by atoms with Crippen LogP contribution in [0.4, 0.5) is 10.1 Å². The Balaban J connectivity index is 1.94. The van der Waals surface area contributed by atoms with Crippen molar-refractivity contribution < 1.29 is 23.8 Å². The summed E-state index contributed by atoms with van der Waals surface area (Å²) < 4.78 is 18.6. The molecule has 1 N–H and O–H groups in total. The SMILES string of the molecule is COc1cccc(N2C(=O)C(=O)/C(=C(\O)c3ccc(F)cc3)C2c2sccc2C)c1. The van der Waals surface area contributed by atoms with E-state index >= 15 is 0 Å². The van der Waals surface area contributed by atoms with E-state index < -0.39 is 23.5 Å². The van der Waals surface area contributed by atoms with Crippen LogP contribution < -0.4 is 9.64 Å². The van der Waals surface area contributed by atoms with Crippen molar-refractivity contribution in [2.75, 3.05) is 12.0 Å². The number of carbonyl (C=O) groups excluding carboxylic acids is 2. The number of ketones is 1. The van der Waals surface area contributed by atoms with Crippen LogP contribution in [0.15, 0.2) is 65.6 Å². The second-order valence-electron chi connectivity index (χ2n) is 6.85. The summed E-state index contributed by atoms with van der Waals surface area (Å²) in [6.45, 7) is 1.88. The number of thiophene rings is 1. The van der Waals surface area contributed by atoms with Crippen LogP contribution in [0.2, 0.25) is 0 Å². The summed E-state index contributed by atoms with van der Waals surface area (Å²) in [5.41, 5.74) is 1.61. The molecule has 0 aliphatic carbocycles. The molecule has 1 aliphatic rings. The van der Waals surface area contributed by atoms with Crippen molar-refractivity contribution in [3.63, 3.8) is 0 Å².